The lowest BCUT2D eigenvalue weighted by Crippen LogP contribution is -2.39. The second-order valence-corrected chi connectivity index (χ2v) is 9.89. The van der Waals surface area contributed by atoms with Gasteiger partial charge in [0.15, 0.2) is 0 Å². The molecule has 0 aliphatic carbocycles. The quantitative estimate of drug-likeness (QED) is 0.732. The van der Waals surface area contributed by atoms with Crippen LogP contribution in [0.4, 0.5) is 4.79 Å². The van der Waals surface area contributed by atoms with Crippen molar-refractivity contribution < 1.29 is 14.0 Å². The van der Waals surface area contributed by atoms with Crippen LogP contribution >= 0.6 is 0 Å². The van der Waals surface area contributed by atoms with Crippen LogP contribution in [0.15, 0.2) is 11.8 Å². The molecule has 0 saturated carbocycles. The average molecular weight is 285 g/mol. The Morgan fingerprint density at radius 2 is 1.89 bits per heavy atom. The Labute approximate surface area is 119 Å². The van der Waals surface area contributed by atoms with Gasteiger partial charge in [0.2, 0.25) is 9.76 Å². The van der Waals surface area contributed by atoms with E-state index in [4.69, 9.17) is 9.16 Å². The minimum Gasteiger partial charge on any atom is -0.552 e. The summed E-state index contributed by atoms with van der Waals surface area (Å²) in [6.07, 6.45) is 2.56. The summed E-state index contributed by atoms with van der Waals surface area (Å²) in [6, 6.07) is 0. The summed E-state index contributed by atoms with van der Waals surface area (Å²) in [5, 5.41) is 0.295. The van der Waals surface area contributed by atoms with Crippen LogP contribution in [-0.4, -0.2) is 39.4 Å². The van der Waals surface area contributed by atoms with Gasteiger partial charge in [0.05, 0.1) is 5.76 Å². The molecule has 1 amide bonds. The van der Waals surface area contributed by atoms with Crippen LogP contribution in [0.1, 0.15) is 48.0 Å². The minimum absolute atomic E-state index is 0.240. The lowest BCUT2D eigenvalue weighted by atomic mass is 10.2. The van der Waals surface area contributed by atoms with Crippen LogP contribution in [0.5, 0.6) is 0 Å². The molecule has 4 nitrogen and oxygen atoms in total. The van der Waals surface area contributed by atoms with E-state index in [0.29, 0.717) is 18.1 Å². The van der Waals surface area contributed by atoms with E-state index < -0.39 is 15.4 Å². The fourth-order valence-corrected chi connectivity index (χ4v) is 2.46. The summed E-state index contributed by atoms with van der Waals surface area (Å²) < 4.78 is 11.2. The molecule has 0 bridgehead atoms. The molecule has 0 unspecified atom stereocenters. The molecule has 0 atom stereocenters. The topological polar surface area (TPSA) is 38.8 Å². The van der Waals surface area contributed by atoms with Gasteiger partial charge in [-0.1, -0.05) is 20.8 Å². The summed E-state index contributed by atoms with van der Waals surface area (Å²) in [7, 11) is -0.562. The molecule has 0 radical (unpaired) electrons. The molecule has 19 heavy (non-hydrogen) atoms. The predicted octanol–water partition coefficient (Wildman–Crippen LogP) is 2.83. The maximum absolute atomic E-state index is 11.9. The van der Waals surface area contributed by atoms with Gasteiger partial charge in [-0.05, 0) is 31.9 Å². The molecule has 1 aliphatic heterocycles. The molecule has 0 N–H and O–H groups in total. The number of hydrogen-bond acceptors (Lipinski definition) is 3. The smallest absolute Gasteiger partial charge is 0.410 e. The van der Waals surface area contributed by atoms with E-state index >= 15 is 0 Å². The molecule has 5 heteroatoms. The zero-order valence-corrected chi connectivity index (χ0v) is 14.5. The minimum atomic E-state index is -0.562. The van der Waals surface area contributed by atoms with Crippen molar-refractivity contribution in [2.45, 2.75) is 58.6 Å². The number of amides is 1. The van der Waals surface area contributed by atoms with E-state index in [9.17, 15) is 4.79 Å². The van der Waals surface area contributed by atoms with E-state index in [2.05, 4.69) is 20.8 Å². The molecule has 1 rings (SSSR count). The molecule has 0 fully saturated rings. The molecule has 0 saturated heterocycles. The number of nitrogens with zero attached hydrogens (tertiary/aromatic N) is 1. The van der Waals surface area contributed by atoms with E-state index in [1.54, 1.807) is 4.90 Å². The van der Waals surface area contributed by atoms with Crippen molar-refractivity contribution >= 4 is 15.9 Å². The van der Waals surface area contributed by atoms with E-state index in [-0.39, 0.29) is 6.09 Å². The van der Waals surface area contributed by atoms with Gasteiger partial charge in [-0.15, -0.1) is 0 Å². The highest BCUT2D eigenvalue weighted by Gasteiger charge is 2.24. The third-order valence-electron chi connectivity index (χ3n) is 2.51. The maximum atomic E-state index is 11.9. The van der Waals surface area contributed by atoms with E-state index in [1.807, 2.05) is 26.8 Å². The summed E-state index contributed by atoms with van der Waals surface area (Å²) in [5.41, 5.74) is -0.434. The van der Waals surface area contributed by atoms with E-state index in [1.165, 1.54) is 0 Å². The van der Waals surface area contributed by atoms with Gasteiger partial charge >= 0.3 is 6.09 Å². The summed E-state index contributed by atoms with van der Waals surface area (Å²) in [6.45, 7) is 13.5. The Morgan fingerprint density at radius 3 is 2.32 bits per heavy atom. The molecule has 1 heterocycles. The number of rotatable bonds is 2. The van der Waals surface area contributed by atoms with Crippen LogP contribution in [0.3, 0.4) is 0 Å². The Balaban J connectivity index is 2.43. The fourth-order valence-electron chi connectivity index (χ4n) is 1.58. The SMILES string of the molecule is CC(C)(C)OC(=O)N1CC=C(O[SiH2]C(C)(C)C)CC1. The Hall–Kier alpha value is -0.973. The van der Waals surface area contributed by atoms with Gasteiger partial charge in [-0.2, -0.15) is 0 Å². The van der Waals surface area contributed by atoms with Crippen LogP contribution in [0.2, 0.25) is 5.04 Å². The Bertz CT molecular complexity index is 353. The van der Waals surface area contributed by atoms with Gasteiger partial charge < -0.3 is 14.1 Å². The lowest BCUT2D eigenvalue weighted by molar-refractivity contribution is 0.0258. The standard InChI is InChI=1S/C14H27NO3Si/c1-13(2,3)17-12(16)15-9-7-11(8-10-15)18-19-14(4,5)6/h7H,8-10,19H2,1-6H3. The molecular formula is C14H27NO3Si. The van der Waals surface area contributed by atoms with Crippen LogP contribution < -0.4 is 0 Å². The normalized spacial score (nSPS) is 17.6. The van der Waals surface area contributed by atoms with Crippen molar-refractivity contribution in [3.63, 3.8) is 0 Å². The van der Waals surface area contributed by atoms with Crippen molar-refractivity contribution in [3.8, 4) is 0 Å². The first-order chi connectivity index (χ1) is 8.57. The predicted molar refractivity (Wildman–Crippen MR) is 79.9 cm³/mol. The first kappa shape index (κ1) is 16.1. The van der Waals surface area contributed by atoms with Crippen molar-refractivity contribution in [3.05, 3.63) is 11.8 Å². The first-order valence-electron chi connectivity index (χ1n) is 6.87. The van der Waals surface area contributed by atoms with Gasteiger partial charge in [0.1, 0.15) is 5.60 Å². The summed E-state index contributed by atoms with van der Waals surface area (Å²) in [5.74, 6) is 1.04. The van der Waals surface area contributed by atoms with Crippen LogP contribution in [0.25, 0.3) is 0 Å². The molecule has 0 aromatic carbocycles. The highest BCUT2D eigenvalue weighted by atomic mass is 28.2. The second kappa shape index (κ2) is 5.99. The molecule has 0 aromatic rings. The van der Waals surface area contributed by atoms with Gasteiger partial charge in [-0.3, -0.25) is 0 Å². The van der Waals surface area contributed by atoms with Gasteiger partial charge in [-0.25, -0.2) is 4.79 Å². The lowest BCUT2D eigenvalue weighted by Gasteiger charge is -2.30. The molecule has 1 aliphatic rings. The molecule has 110 valence electrons. The zero-order valence-electron chi connectivity index (χ0n) is 13.1. The third kappa shape index (κ3) is 6.66. The highest BCUT2D eigenvalue weighted by molar-refractivity contribution is 6.32. The third-order valence-corrected chi connectivity index (χ3v) is 3.89. The van der Waals surface area contributed by atoms with Gasteiger partial charge in [0.25, 0.3) is 0 Å². The average Bonchev–Trinajstić information content (AvgIpc) is 2.23. The van der Waals surface area contributed by atoms with Crippen LogP contribution in [0, 0.1) is 0 Å². The van der Waals surface area contributed by atoms with Crippen LogP contribution in [-0.2, 0) is 9.16 Å². The second-order valence-electron chi connectivity index (χ2n) is 7.20. The number of carbonyl (C=O) groups is 1. The number of carbonyl (C=O) groups excluding carboxylic acids is 1. The van der Waals surface area contributed by atoms with Crippen molar-refractivity contribution in [2.24, 2.45) is 0 Å². The van der Waals surface area contributed by atoms with Crippen molar-refractivity contribution in [2.75, 3.05) is 13.1 Å². The maximum Gasteiger partial charge on any atom is 0.410 e. The largest absolute Gasteiger partial charge is 0.552 e. The first-order valence-corrected chi connectivity index (χ1v) is 8.15. The highest BCUT2D eigenvalue weighted by Crippen LogP contribution is 2.23. The number of ether oxygens (including phenoxy) is 1. The van der Waals surface area contributed by atoms with Crippen molar-refractivity contribution in [1.29, 1.82) is 0 Å². The zero-order chi connectivity index (χ0) is 14.7. The fraction of sp³-hybridized carbons (Fsp3) is 0.786. The molecule has 0 aromatic heterocycles. The Kier molecular flexibility index (Phi) is 5.07. The molecular weight excluding hydrogens is 258 g/mol. The number of hydrogen-bond donors (Lipinski definition) is 0. The van der Waals surface area contributed by atoms with Gasteiger partial charge in [0, 0.05) is 19.5 Å². The summed E-state index contributed by atoms with van der Waals surface area (Å²) >= 11 is 0. The van der Waals surface area contributed by atoms with Crippen molar-refractivity contribution in [1.82, 2.24) is 4.90 Å². The summed E-state index contributed by atoms with van der Waals surface area (Å²) in [4.78, 5) is 13.6. The monoisotopic (exact) mass is 285 g/mol. The molecule has 0 spiro atoms. The van der Waals surface area contributed by atoms with E-state index in [0.717, 1.165) is 12.2 Å². The Morgan fingerprint density at radius 1 is 1.26 bits per heavy atom.